The Morgan fingerprint density at radius 2 is 2.04 bits per heavy atom. The second kappa shape index (κ2) is 8.10. The fourth-order valence-corrected chi connectivity index (χ4v) is 2.98. The van der Waals surface area contributed by atoms with Gasteiger partial charge >= 0.3 is 0 Å². The lowest BCUT2D eigenvalue weighted by atomic mass is 10.2. The molecule has 0 radical (unpaired) electrons. The van der Waals surface area contributed by atoms with Crippen LogP contribution in [0.4, 0.5) is 15.9 Å². The molecule has 0 spiro atoms. The lowest BCUT2D eigenvalue weighted by Gasteiger charge is -2.36. The molecular weight excluding hydrogens is 333 g/mol. The molecule has 1 aromatic carbocycles. The topological polar surface area (TPSA) is 54.5 Å². The van der Waals surface area contributed by atoms with Gasteiger partial charge in [-0.15, -0.1) is 0 Å². The lowest BCUT2D eigenvalue weighted by molar-refractivity contribution is -0.111. The molecule has 3 rings (SSSR count). The molecule has 2 unspecified atom stereocenters. The van der Waals surface area contributed by atoms with Crippen molar-refractivity contribution in [1.29, 1.82) is 0 Å². The first-order valence-electron chi connectivity index (χ1n) is 8.60. The Hall–Kier alpha value is -2.73. The predicted molar refractivity (Wildman–Crippen MR) is 101 cm³/mol. The van der Waals surface area contributed by atoms with E-state index in [0.717, 1.165) is 18.9 Å². The average molecular weight is 355 g/mol. The van der Waals surface area contributed by atoms with E-state index in [0.29, 0.717) is 11.3 Å². The molecule has 0 saturated carbocycles. The molecule has 1 N–H and O–H groups in total. The van der Waals surface area contributed by atoms with Crippen LogP contribution in [0.1, 0.15) is 19.4 Å². The molecule has 136 valence electrons. The zero-order chi connectivity index (χ0) is 18.5. The van der Waals surface area contributed by atoms with Gasteiger partial charge in [0.15, 0.2) is 0 Å². The van der Waals surface area contributed by atoms with Gasteiger partial charge in [-0.05, 0) is 49.8 Å². The largest absolute Gasteiger partial charge is 0.372 e. The molecule has 1 fully saturated rings. The molecule has 2 aromatic rings. The second-order valence-electron chi connectivity index (χ2n) is 6.44. The number of nitrogens with one attached hydrogen (secondary N) is 1. The molecular formula is C20H22FN3O2. The number of morpholine rings is 1. The first-order valence-corrected chi connectivity index (χ1v) is 8.60. The van der Waals surface area contributed by atoms with Crippen LogP contribution in [0, 0.1) is 5.82 Å². The SMILES string of the molecule is CC1CN(c2ccc(NC(=O)/C=C/c3cccc(F)c3)cn2)CC(C)O1. The normalized spacial score (nSPS) is 20.3. The molecule has 26 heavy (non-hydrogen) atoms. The Labute approximate surface area is 152 Å². The summed E-state index contributed by atoms with van der Waals surface area (Å²) in [6.45, 7) is 5.67. The maximum absolute atomic E-state index is 13.1. The summed E-state index contributed by atoms with van der Waals surface area (Å²) in [6, 6.07) is 9.76. The van der Waals surface area contributed by atoms with Gasteiger partial charge in [0.1, 0.15) is 11.6 Å². The third kappa shape index (κ3) is 4.89. The summed E-state index contributed by atoms with van der Waals surface area (Å²) in [5.41, 5.74) is 1.24. The van der Waals surface area contributed by atoms with E-state index in [1.54, 1.807) is 24.4 Å². The standard InChI is InChI=1S/C20H22FN3O2/c1-14-12-24(13-15(2)26-14)19-8-7-18(11-22-19)23-20(25)9-6-16-4-3-5-17(21)10-16/h3-11,14-15H,12-13H2,1-2H3,(H,23,25)/b9-6+. The number of ether oxygens (including phenoxy) is 1. The van der Waals surface area contributed by atoms with Gasteiger partial charge in [-0.25, -0.2) is 9.37 Å². The van der Waals surface area contributed by atoms with Gasteiger partial charge in [0.25, 0.3) is 0 Å². The summed E-state index contributed by atoms with van der Waals surface area (Å²) in [4.78, 5) is 18.6. The fraction of sp³-hybridized carbons (Fsp3) is 0.300. The van der Waals surface area contributed by atoms with Crippen molar-refractivity contribution in [3.63, 3.8) is 0 Å². The van der Waals surface area contributed by atoms with Gasteiger partial charge in [-0.3, -0.25) is 4.79 Å². The van der Waals surface area contributed by atoms with Crippen molar-refractivity contribution in [2.24, 2.45) is 0 Å². The van der Waals surface area contributed by atoms with Gasteiger partial charge in [-0.2, -0.15) is 0 Å². The van der Waals surface area contributed by atoms with Crippen LogP contribution < -0.4 is 10.2 Å². The highest BCUT2D eigenvalue weighted by Gasteiger charge is 2.22. The van der Waals surface area contributed by atoms with Crippen molar-refractivity contribution in [3.05, 3.63) is 60.1 Å². The number of pyridine rings is 1. The number of aromatic nitrogens is 1. The van der Waals surface area contributed by atoms with E-state index >= 15 is 0 Å². The first kappa shape index (κ1) is 18.1. The number of hydrogen-bond donors (Lipinski definition) is 1. The molecule has 2 atom stereocenters. The number of anilines is 2. The predicted octanol–water partition coefficient (Wildman–Crippen LogP) is 3.49. The Kier molecular flexibility index (Phi) is 5.63. The Balaban J connectivity index is 1.59. The highest BCUT2D eigenvalue weighted by Crippen LogP contribution is 2.19. The molecule has 0 aliphatic carbocycles. The molecule has 1 aliphatic heterocycles. The Morgan fingerprint density at radius 1 is 1.27 bits per heavy atom. The fourth-order valence-electron chi connectivity index (χ4n) is 2.98. The molecule has 6 heteroatoms. The zero-order valence-electron chi connectivity index (χ0n) is 14.9. The van der Waals surface area contributed by atoms with Crippen molar-refractivity contribution in [1.82, 2.24) is 4.98 Å². The van der Waals surface area contributed by atoms with Gasteiger partial charge in [-0.1, -0.05) is 12.1 Å². The molecule has 1 amide bonds. The Bertz CT molecular complexity index is 782. The molecule has 5 nitrogen and oxygen atoms in total. The average Bonchev–Trinajstić information content (AvgIpc) is 2.60. The minimum Gasteiger partial charge on any atom is -0.372 e. The summed E-state index contributed by atoms with van der Waals surface area (Å²) in [5.74, 6) is 0.233. The molecule has 1 aliphatic rings. The van der Waals surface area contributed by atoms with Crippen LogP contribution >= 0.6 is 0 Å². The minimum absolute atomic E-state index is 0.160. The van der Waals surface area contributed by atoms with E-state index in [-0.39, 0.29) is 23.9 Å². The van der Waals surface area contributed by atoms with Crippen LogP contribution in [0.5, 0.6) is 0 Å². The van der Waals surface area contributed by atoms with Gasteiger partial charge in [0.2, 0.25) is 5.91 Å². The second-order valence-corrected chi connectivity index (χ2v) is 6.44. The number of amides is 1. The number of nitrogens with zero attached hydrogens (tertiary/aromatic N) is 2. The molecule has 1 aromatic heterocycles. The van der Waals surface area contributed by atoms with Gasteiger partial charge < -0.3 is 15.0 Å². The summed E-state index contributed by atoms with van der Waals surface area (Å²) in [5, 5.41) is 2.75. The van der Waals surface area contributed by atoms with Crippen LogP contribution in [0.25, 0.3) is 6.08 Å². The van der Waals surface area contributed by atoms with Crippen LogP contribution in [0.2, 0.25) is 0 Å². The van der Waals surface area contributed by atoms with Crippen molar-refractivity contribution in [2.75, 3.05) is 23.3 Å². The highest BCUT2D eigenvalue weighted by atomic mass is 19.1. The minimum atomic E-state index is -0.334. The van der Waals surface area contributed by atoms with Crippen molar-refractivity contribution >= 4 is 23.5 Å². The number of carbonyl (C=O) groups is 1. The van der Waals surface area contributed by atoms with Crippen molar-refractivity contribution in [3.8, 4) is 0 Å². The van der Waals surface area contributed by atoms with Crippen molar-refractivity contribution in [2.45, 2.75) is 26.1 Å². The molecule has 0 bridgehead atoms. The maximum Gasteiger partial charge on any atom is 0.248 e. The molecule has 2 heterocycles. The summed E-state index contributed by atoms with van der Waals surface area (Å²) < 4.78 is 18.9. The summed E-state index contributed by atoms with van der Waals surface area (Å²) >= 11 is 0. The van der Waals surface area contributed by atoms with Crippen LogP contribution in [0.3, 0.4) is 0 Å². The number of benzene rings is 1. The molecule has 1 saturated heterocycles. The zero-order valence-corrected chi connectivity index (χ0v) is 14.9. The van der Waals surface area contributed by atoms with Crippen LogP contribution in [-0.2, 0) is 9.53 Å². The maximum atomic E-state index is 13.1. The van der Waals surface area contributed by atoms with Gasteiger partial charge in [0, 0.05) is 19.2 Å². The number of rotatable bonds is 4. The van der Waals surface area contributed by atoms with E-state index in [9.17, 15) is 9.18 Å². The Morgan fingerprint density at radius 3 is 2.69 bits per heavy atom. The van der Waals surface area contributed by atoms with Crippen LogP contribution in [-0.4, -0.2) is 36.2 Å². The van der Waals surface area contributed by atoms with Crippen LogP contribution in [0.15, 0.2) is 48.7 Å². The van der Waals surface area contributed by atoms with E-state index in [1.807, 2.05) is 26.0 Å². The smallest absolute Gasteiger partial charge is 0.248 e. The summed E-state index contributed by atoms with van der Waals surface area (Å²) in [6.07, 6.45) is 4.89. The van der Waals surface area contributed by atoms with E-state index in [4.69, 9.17) is 4.74 Å². The number of hydrogen-bond acceptors (Lipinski definition) is 4. The van der Waals surface area contributed by atoms with E-state index in [2.05, 4.69) is 15.2 Å². The third-order valence-electron chi connectivity index (χ3n) is 4.03. The number of carbonyl (C=O) groups excluding carboxylic acids is 1. The van der Waals surface area contributed by atoms with Crippen molar-refractivity contribution < 1.29 is 13.9 Å². The monoisotopic (exact) mass is 355 g/mol. The van der Waals surface area contributed by atoms with E-state index < -0.39 is 0 Å². The van der Waals surface area contributed by atoms with Gasteiger partial charge in [0.05, 0.1) is 24.1 Å². The summed E-state index contributed by atoms with van der Waals surface area (Å²) in [7, 11) is 0. The number of halogens is 1. The van der Waals surface area contributed by atoms with E-state index in [1.165, 1.54) is 18.2 Å². The first-order chi connectivity index (χ1) is 12.5. The third-order valence-corrected chi connectivity index (χ3v) is 4.03. The highest BCUT2D eigenvalue weighted by molar-refractivity contribution is 6.01. The quantitative estimate of drug-likeness (QED) is 0.853. The lowest BCUT2D eigenvalue weighted by Crippen LogP contribution is -2.45.